The van der Waals surface area contributed by atoms with Crippen LogP contribution in [0.5, 0.6) is 0 Å². The van der Waals surface area contributed by atoms with E-state index >= 15 is 0 Å². The molecule has 5 nitrogen and oxygen atoms in total. The summed E-state index contributed by atoms with van der Waals surface area (Å²) in [5.74, 6) is 0. The predicted molar refractivity (Wildman–Crippen MR) is 53.9 cm³/mol. The molecule has 14 heavy (non-hydrogen) atoms. The second-order valence-corrected chi connectivity index (χ2v) is 4.17. The maximum Gasteiger partial charge on any atom is 0.0961 e. The van der Waals surface area contributed by atoms with Gasteiger partial charge >= 0.3 is 0 Å². The van der Waals surface area contributed by atoms with Crippen LogP contribution in [0.1, 0.15) is 19.3 Å². The number of hydrogen-bond donors (Lipinski definition) is 2. The highest BCUT2D eigenvalue weighted by molar-refractivity contribution is 7.59. The van der Waals surface area contributed by atoms with Gasteiger partial charge in [0.05, 0.1) is 12.8 Å². The summed E-state index contributed by atoms with van der Waals surface area (Å²) in [4.78, 5) is 6.37. The molecular weight excluding hydrogens is 202 g/mol. The molecule has 6 heteroatoms. The Bertz CT molecular complexity index is 195. The topological polar surface area (TPSA) is 48.0 Å². The number of hydrazine groups is 1. The summed E-state index contributed by atoms with van der Waals surface area (Å²) in [6.45, 7) is 2.06. The molecule has 2 heterocycles. The highest BCUT2D eigenvalue weighted by atomic mass is 32.1. The highest BCUT2D eigenvalue weighted by Gasteiger charge is 2.34. The third-order valence-electron chi connectivity index (χ3n) is 2.87. The van der Waals surface area contributed by atoms with E-state index < -0.39 is 0 Å². The molecule has 0 aromatic rings. The van der Waals surface area contributed by atoms with Gasteiger partial charge in [0, 0.05) is 6.54 Å². The highest BCUT2D eigenvalue weighted by Crippen LogP contribution is 2.25. The molecule has 0 aliphatic carbocycles. The van der Waals surface area contributed by atoms with E-state index in [1.807, 2.05) is 0 Å². The van der Waals surface area contributed by atoms with Crippen molar-refractivity contribution in [2.75, 3.05) is 19.7 Å². The molecule has 0 aromatic carbocycles. The van der Waals surface area contributed by atoms with Gasteiger partial charge in [0.25, 0.3) is 0 Å². The lowest BCUT2D eigenvalue weighted by Gasteiger charge is -2.36. The Labute approximate surface area is 89.3 Å². The first kappa shape index (κ1) is 10.7. The van der Waals surface area contributed by atoms with Gasteiger partial charge in [-0.2, -0.15) is 0 Å². The molecule has 2 unspecified atom stereocenters. The van der Waals surface area contributed by atoms with Gasteiger partial charge in [-0.15, -0.1) is 0 Å². The van der Waals surface area contributed by atoms with Crippen molar-refractivity contribution in [2.24, 2.45) is 0 Å². The number of fused-ring (bicyclic) bond motifs is 1. The standard InChI is InChI=1S/C8H17N3O2S/c12-13-6-5-11-7-3-1-2-4-10(7)8(14)9-11/h7-9,12,14H,1-6H2/p-1. The first-order valence-corrected chi connectivity index (χ1v) is 5.51. The molecular formula is C8H16N3O2S-. The van der Waals surface area contributed by atoms with E-state index in [1.54, 1.807) is 0 Å². The number of rotatable bonds is 3. The number of nitrogens with zero attached hydrogens (tertiary/aromatic N) is 2. The Kier molecular flexibility index (Phi) is 3.64. The Balaban J connectivity index is 1.92. The van der Waals surface area contributed by atoms with Crippen LogP contribution in [0, 0.1) is 0 Å². The third-order valence-corrected chi connectivity index (χ3v) is 3.25. The maximum atomic E-state index is 8.29. The van der Waals surface area contributed by atoms with Crippen LogP contribution in [-0.2, 0) is 17.5 Å². The van der Waals surface area contributed by atoms with E-state index in [1.165, 1.54) is 12.8 Å². The van der Waals surface area contributed by atoms with Crippen LogP contribution < -0.4 is 5.43 Å². The van der Waals surface area contributed by atoms with Crippen molar-refractivity contribution >= 4 is 12.6 Å². The minimum absolute atomic E-state index is 0.000933. The molecule has 0 bridgehead atoms. The Morgan fingerprint density at radius 1 is 1.50 bits per heavy atom. The summed E-state index contributed by atoms with van der Waals surface area (Å²) in [5, 5.41) is 10.4. The average Bonchev–Trinajstić information content (AvgIpc) is 2.54. The van der Waals surface area contributed by atoms with E-state index in [0.717, 1.165) is 13.0 Å². The van der Waals surface area contributed by atoms with Gasteiger partial charge in [0.2, 0.25) is 0 Å². The van der Waals surface area contributed by atoms with Gasteiger partial charge < -0.3 is 12.6 Å². The zero-order valence-corrected chi connectivity index (χ0v) is 8.87. The average molecular weight is 218 g/mol. The van der Waals surface area contributed by atoms with Crippen LogP contribution in [0.2, 0.25) is 0 Å². The summed E-state index contributed by atoms with van der Waals surface area (Å²) in [7, 11) is 0. The fourth-order valence-electron chi connectivity index (χ4n) is 2.20. The lowest BCUT2D eigenvalue weighted by atomic mass is 10.1. The van der Waals surface area contributed by atoms with Crippen molar-refractivity contribution < 1.29 is 10.1 Å². The van der Waals surface area contributed by atoms with E-state index in [-0.39, 0.29) is 5.50 Å². The molecule has 2 atom stereocenters. The van der Waals surface area contributed by atoms with Crippen LogP contribution in [0.15, 0.2) is 0 Å². The number of hydrogen-bond acceptors (Lipinski definition) is 6. The summed E-state index contributed by atoms with van der Waals surface area (Å²) in [6, 6.07) is 0. The Hall–Kier alpha value is 0.150. The SMILES string of the molecule is OOCCN1NC([S-])N2CCCCC12. The van der Waals surface area contributed by atoms with Gasteiger partial charge in [0.15, 0.2) is 0 Å². The van der Waals surface area contributed by atoms with Crippen LogP contribution in [-0.4, -0.2) is 46.5 Å². The molecule has 0 saturated carbocycles. The molecule has 2 aliphatic heterocycles. The quantitative estimate of drug-likeness (QED) is 0.393. The van der Waals surface area contributed by atoms with Crippen molar-refractivity contribution in [3.05, 3.63) is 0 Å². The summed E-state index contributed by atoms with van der Waals surface area (Å²) >= 11 is 5.30. The molecule has 2 rings (SSSR count). The van der Waals surface area contributed by atoms with Crippen molar-refractivity contribution in [3.63, 3.8) is 0 Å². The summed E-state index contributed by atoms with van der Waals surface area (Å²) in [5.41, 5.74) is 3.21. The molecule has 2 saturated heterocycles. The van der Waals surface area contributed by atoms with Crippen molar-refractivity contribution in [1.82, 2.24) is 15.3 Å². The van der Waals surface area contributed by atoms with Crippen molar-refractivity contribution in [1.29, 1.82) is 0 Å². The summed E-state index contributed by atoms with van der Waals surface area (Å²) in [6.07, 6.45) is 4.02. The van der Waals surface area contributed by atoms with Crippen LogP contribution in [0.3, 0.4) is 0 Å². The van der Waals surface area contributed by atoms with Crippen LogP contribution in [0.25, 0.3) is 0 Å². The maximum absolute atomic E-state index is 8.29. The minimum atomic E-state index is -0.000933. The van der Waals surface area contributed by atoms with Gasteiger partial charge in [-0.3, -0.25) is 15.6 Å². The molecule has 0 radical (unpaired) electrons. The second kappa shape index (κ2) is 4.78. The van der Waals surface area contributed by atoms with E-state index in [0.29, 0.717) is 19.3 Å². The molecule has 2 N–H and O–H groups in total. The third kappa shape index (κ3) is 2.05. The van der Waals surface area contributed by atoms with E-state index in [4.69, 9.17) is 17.9 Å². The predicted octanol–water partition coefficient (Wildman–Crippen LogP) is -0.0613. The number of piperidine rings is 1. The molecule has 82 valence electrons. The van der Waals surface area contributed by atoms with Gasteiger partial charge in [-0.05, 0) is 31.3 Å². The first-order valence-electron chi connectivity index (χ1n) is 5.03. The number of nitrogens with one attached hydrogen (secondary N) is 1. The molecule has 0 aromatic heterocycles. The molecule has 2 aliphatic rings. The fraction of sp³-hybridized carbons (Fsp3) is 1.00. The smallest absolute Gasteiger partial charge is 0.0961 e. The monoisotopic (exact) mass is 218 g/mol. The Morgan fingerprint density at radius 3 is 3.14 bits per heavy atom. The van der Waals surface area contributed by atoms with Gasteiger partial charge in [0.1, 0.15) is 0 Å². The zero-order chi connectivity index (χ0) is 9.97. The van der Waals surface area contributed by atoms with Crippen LogP contribution >= 0.6 is 0 Å². The fourth-order valence-corrected chi connectivity index (χ4v) is 2.58. The molecule has 2 fully saturated rings. The van der Waals surface area contributed by atoms with Crippen molar-refractivity contribution in [3.8, 4) is 0 Å². The minimum Gasteiger partial charge on any atom is -0.757 e. The lowest BCUT2D eigenvalue weighted by molar-refractivity contribution is -0.245. The van der Waals surface area contributed by atoms with Gasteiger partial charge in [-0.25, -0.2) is 9.90 Å². The van der Waals surface area contributed by atoms with Crippen molar-refractivity contribution in [2.45, 2.75) is 30.9 Å². The largest absolute Gasteiger partial charge is 0.757 e. The van der Waals surface area contributed by atoms with Gasteiger partial charge in [-0.1, -0.05) is 0 Å². The normalized spacial score (nSPS) is 34.7. The lowest BCUT2D eigenvalue weighted by Crippen LogP contribution is -2.44. The van der Waals surface area contributed by atoms with Crippen LogP contribution in [0.4, 0.5) is 0 Å². The second-order valence-electron chi connectivity index (χ2n) is 3.72. The molecule has 0 spiro atoms. The zero-order valence-electron chi connectivity index (χ0n) is 8.06. The summed E-state index contributed by atoms with van der Waals surface area (Å²) < 4.78 is 0. The molecule has 0 amide bonds. The Morgan fingerprint density at radius 2 is 2.36 bits per heavy atom. The first-order chi connectivity index (χ1) is 6.83. The van der Waals surface area contributed by atoms with E-state index in [9.17, 15) is 0 Å². The van der Waals surface area contributed by atoms with E-state index in [2.05, 4.69) is 20.2 Å².